The number of likely N-dealkylation sites (tertiary alicyclic amines) is 1. The lowest BCUT2D eigenvalue weighted by atomic mass is 9.96. The van der Waals surface area contributed by atoms with Gasteiger partial charge in [-0.1, -0.05) is 12.1 Å². The summed E-state index contributed by atoms with van der Waals surface area (Å²) in [7, 11) is -2.10. The molecule has 0 radical (unpaired) electrons. The number of anilines is 1. The van der Waals surface area contributed by atoms with Gasteiger partial charge < -0.3 is 15.0 Å². The summed E-state index contributed by atoms with van der Waals surface area (Å²) in [4.78, 5) is 30.1. The fraction of sp³-hybridized carbons (Fsp3) is 0.462. The Balaban J connectivity index is 1.79. The number of para-hydroxylation sites is 1. The molecule has 1 heterocycles. The van der Waals surface area contributed by atoms with E-state index in [0.717, 1.165) is 32.2 Å². The lowest BCUT2D eigenvalue weighted by Crippen LogP contribution is -2.45. The first-order valence-electron chi connectivity index (χ1n) is 11.9. The quantitative estimate of drug-likeness (QED) is 0.568. The highest BCUT2D eigenvalue weighted by Gasteiger charge is 2.27. The van der Waals surface area contributed by atoms with Crippen molar-refractivity contribution < 1.29 is 22.7 Å². The van der Waals surface area contributed by atoms with Crippen LogP contribution in [0, 0.1) is 5.92 Å². The summed E-state index contributed by atoms with van der Waals surface area (Å²) in [6.07, 6.45) is 3.10. The number of methoxy groups -OCH3 is 1. The number of nitrogens with zero attached hydrogens (tertiary/aromatic N) is 2. The average Bonchev–Trinajstić information content (AvgIpc) is 2.85. The first kappa shape index (κ1) is 26.7. The van der Waals surface area contributed by atoms with E-state index in [2.05, 4.69) is 24.1 Å². The van der Waals surface area contributed by atoms with Crippen LogP contribution in [0.2, 0.25) is 0 Å². The SMILES string of the molecule is COc1ccc(C(=O)N(CC(=O)NCC2CCN(C(C)C)CC2)c2ccccc2S(C)(=O)=O)cc1. The van der Waals surface area contributed by atoms with E-state index >= 15 is 0 Å². The number of hydrogen-bond donors (Lipinski definition) is 1. The average molecular weight is 502 g/mol. The zero-order valence-electron chi connectivity index (χ0n) is 20.9. The maximum absolute atomic E-state index is 13.5. The molecular weight excluding hydrogens is 466 g/mol. The van der Waals surface area contributed by atoms with Gasteiger partial charge in [0.1, 0.15) is 12.3 Å². The molecule has 0 spiro atoms. The molecule has 0 unspecified atom stereocenters. The second kappa shape index (κ2) is 11.7. The predicted molar refractivity (Wildman–Crippen MR) is 137 cm³/mol. The second-order valence-electron chi connectivity index (χ2n) is 9.24. The number of piperidine rings is 1. The number of benzene rings is 2. The van der Waals surface area contributed by atoms with Crippen LogP contribution in [0.15, 0.2) is 53.4 Å². The van der Waals surface area contributed by atoms with Gasteiger partial charge in [-0.25, -0.2) is 8.42 Å². The van der Waals surface area contributed by atoms with Crippen LogP contribution in [0.5, 0.6) is 5.75 Å². The van der Waals surface area contributed by atoms with Gasteiger partial charge in [0, 0.05) is 24.4 Å². The van der Waals surface area contributed by atoms with Gasteiger partial charge in [0.25, 0.3) is 5.91 Å². The maximum Gasteiger partial charge on any atom is 0.258 e. The Morgan fingerprint density at radius 1 is 1.09 bits per heavy atom. The van der Waals surface area contributed by atoms with E-state index in [0.29, 0.717) is 29.8 Å². The van der Waals surface area contributed by atoms with E-state index in [4.69, 9.17) is 4.74 Å². The van der Waals surface area contributed by atoms with Gasteiger partial charge >= 0.3 is 0 Å². The summed E-state index contributed by atoms with van der Waals surface area (Å²) in [5.74, 6) is 0.166. The number of hydrogen-bond acceptors (Lipinski definition) is 6. The lowest BCUT2D eigenvalue weighted by molar-refractivity contribution is -0.120. The number of carbonyl (C=O) groups is 2. The van der Waals surface area contributed by atoms with E-state index in [1.807, 2.05) is 0 Å². The molecule has 0 aliphatic carbocycles. The highest BCUT2D eigenvalue weighted by Crippen LogP contribution is 2.27. The molecule has 1 saturated heterocycles. The van der Waals surface area contributed by atoms with Crippen molar-refractivity contribution in [2.45, 2.75) is 37.6 Å². The Morgan fingerprint density at radius 2 is 1.71 bits per heavy atom. The molecule has 190 valence electrons. The summed E-state index contributed by atoms with van der Waals surface area (Å²) in [6.45, 7) is 6.62. The Kier molecular flexibility index (Phi) is 8.91. The van der Waals surface area contributed by atoms with Crippen LogP contribution in [0.3, 0.4) is 0 Å². The highest BCUT2D eigenvalue weighted by atomic mass is 32.2. The standard InChI is InChI=1S/C26H35N3O5S/c1-19(2)28-15-13-20(14-16-28)17-27-25(30)18-29(23-7-5-6-8-24(23)35(4,32)33)26(31)21-9-11-22(34-3)12-10-21/h5-12,19-20H,13-18H2,1-4H3,(H,27,30). The van der Waals surface area contributed by atoms with Crippen molar-refractivity contribution in [3.63, 3.8) is 0 Å². The molecule has 1 aliphatic rings. The smallest absolute Gasteiger partial charge is 0.258 e. The van der Waals surface area contributed by atoms with Crippen LogP contribution in [-0.2, 0) is 14.6 Å². The van der Waals surface area contributed by atoms with Crippen LogP contribution in [-0.4, -0.2) is 70.7 Å². The number of rotatable bonds is 9. The maximum atomic E-state index is 13.5. The van der Waals surface area contributed by atoms with E-state index in [1.54, 1.807) is 42.5 Å². The fourth-order valence-electron chi connectivity index (χ4n) is 4.28. The number of nitrogens with one attached hydrogen (secondary N) is 1. The number of sulfone groups is 1. The monoisotopic (exact) mass is 501 g/mol. The Labute approximate surface area is 208 Å². The first-order valence-corrected chi connectivity index (χ1v) is 13.7. The summed E-state index contributed by atoms with van der Waals surface area (Å²) in [5.41, 5.74) is 0.499. The summed E-state index contributed by atoms with van der Waals surface area (Å²) in [6, 6.07) is 13.2. The van der Waals surface area contributed by atoms with Gasteiger partial charge in [0.15, 0.2) is 9.84 Å². The van der Waals surface area contributed by atoms with E-state index in [1.165, 1.54) is 18.1 Å². The van der Waals surface area contributed by atoms with E-state index < -0.39 is 15.7 Å². The molecular formula is C26H35N3O5S. The van der Waals surface area contributed by atoms with Gasteiger partial charge in [-0.15, -0.1) is 0 Å². The minimum atomic E-state index is -3.63. The number of carbonyl (C=O) groups excluding carboxylic acids is 2. The van der Waals surface area contributed by atoms with Gasteiger partial charge in [-0.05, 0) is 82.1 Å². The third-order valence-electron chi connectivity index (χ3n) is 6.41. The fourth-order valence-corrected chi connectivity index (χ4v) is 5.16. The molecule has 1 fully saturated rings. The summed E-state index contributed by atoms with van der Waals surface area (Å²) < 4.78 is 30.0. The van der Waals surface area contributed by atoms with Gasteiger partial charge in [0.2, 0.25) is 5.91 Å². The van der Waals surface area contributed by atoms with Crippen molar-refractivity contribution in [1.82, 2.24) is 10.2 Å². The van der Waals surface area contributed by atoms with Crippen molar-refractivity contribution in [1.29, 1.82) is 0 Å². The third kappa shape index (κ3) is 7.05. The molecule has 0 bridgehead atoms. The molecule has 9 heteroatoms. The molecule has 35 heavy (non-hydrogen) atoms. The minimum Gasteiger partial charge on any atom is -0.497 e. The summed E-state index contributed by atoms with van der Waals surface area (Å²) in [5, 5.41) is 2.96. The zero-order chi connectivity index (χ0) is 25.6. The summed E-state index contributed by atoms with van der Waals surface area (Å²) >= 11 is 0. The van der Waals surface area contributed by atoms with Crippen LogP contribution in [0.1, 0.15) is 37.0 Å². The van der Waals surface area contributed by atoms with Crippen LogP contribution in [0.4, 0.5) is 5.69 Å². The predicted octanol–water partition coefficient (Wildman–Crippen LogP) is 2.98. The molecule has 3 rings (SSSR count). The Morgan fingerprint density at radius 3 is 2.29 bits per heavy atom. The molecule has 0 saturated carbocycles. The number of amides is 2. The number of ether oxygens (including phenoxy) is 1. The van der Waals surface area contributed by atoms with E-state index in [-0.39, 0.29) is 23.0 Å². The van der Waals surface area contributed by atoms with Crippen molar-refractivity contribution >= 4 is 27.3 Å². The van der Waals surface area contributed by atoms with Crippen molar-refractivity contribution in [3.05, 3.63) is 54.1 Å². The van der Waals surface area contributed by atoms with Crippen LogP contribution >= 0.6 is 0 Å². The minimum absolute atomic E-state index is 0.00396. The highest BCUT2D eigenvalue weighted by molar-refractivity contribution is 7.90. The first-order chi connectivity index (χ1) is 16.6. The molecule has 1 aliphatic heterocycles. The Bertz CT molecular complexity index is 1120. The molecule has 1 N–H and O–H groups in total. The largest absolute Gasteiger partial charge is 0.497 e. The Hall–Kier alpha value is -2.91. The van der Waals surface area contributed by atoms with Gasteiger partial charge in [-0.2, -0.15) is 0 Å². The zero-order valence-corrected chi connectivity index (χ0v) is 21.7. The van der Waals surface area contributed by atoms with Crippen LogP contribution in [0.25, 0.3) is 0 Å². The molecule has 2 aromatic carbocycles. The van der Waals surface area contributed by atoms with E-state index in [9.17, 15) is 18.0 Å². The van der Waals surface area contributed by atoms with Crippen LogP contribution < -0.4 is 15.0 Å². The van der Waals surface area contributed by atoms with Gasteiger partial charge in [0.05, 0.1) is 17.7 Å². The normalized spacial score (nSPS) is 15.1. The lowest BCUT2D eigenvalue weighted by Gasteiger charge is -2.34. The van der Waals surface area contributed by atoms with Crippen molar-refractivity contribution in [2.24, 2.45) is 5.92 Å². The molecule has 0 aromatic heterocycles. The molecule has 8 nitrogen and oxygen atoms in total. The van der Waals surface area contributed by atoms with Gasteiger partial charge in [-0.3, -0.25) is 14.5 Å². The van der Waals surface area contributed by atoms with Crippen molar-refractivity contribution in [2.75, 3.05) is 44.4 Å². The second-order valence-corrected chi connectivity index (χ2v) is 11.2. The van der Waals surface area contributed by atoms with Crippen molar-refractivity contribution in [3.8, 4) is 5.75 Å². The third-order valence-corrected chi connectivity index (χ3v) is 7.55. The topological polar surface area (TPSA) is 96.0 Å². The molecule has 2 aromatic rings. The molecule has 0 atom stereocenters. The molecule has 2 amide bonds.